The van der Waals surface area contributed by atoms with Crippen LogP contribution in [-0.2, 0) is 16.9 Å². The number of nitrogens with two attached hydrogens (primary N) is 1. The highest BCUT2D eigenvalue weighted by molar-refractivity contribution is 7.90. The van der Waals surface area contributed by atoms with Crippen molar-refractivity contribution in [2.75, 3.05) is 29.6 Å². The molecular weight excluding hydrogens is 260 g/mol. The van der Waals surface area contributed by atoms with Crippen molar-refractivity contribution in [1.82, 2.24) is 9.55 Å². The number of nitrogens with zero attached hydrogens (tertiary/aromatic N) is 1. The van der Waals surface area contributed by atoms with Crippen molar-refractivity contribution < 1.29 is 8.42 Å². The van der Waals surface area contributed by atoms with E-state index in [-0.39, 0.29) is 23.8 Å². The Kier molecular flexibility index (Phi) is 4.17. The van der Waals surface area contributed by atoms with E-state index >= 15 is 0 Å². The molecule has 0 saturated carbocycles. The van der Waals surface area contributed by atoms with Crippen LogP contribution in [0, 0.1) is 0 Å². The zero-order valence-electron chi connectivity index (χ0n) is 10.2. The molecular formula is C9H16N4O4S. The first kappa shape index (κ1) is 14.3. The lowest BCUT2D eigenvalue weighted by Gasteiger charge is -2.10. The van der Waals surface area contributed by atoms with E-state index < -0.39 is 21.1 Å². The fraction of sp³-hybridized carbons (Fsp3) is 0.556. The number of aromatic amines is 1. The van der Waals surface area contributed by atoms with Crippen LogP contribution in [0.5, 0.6) is 0 Å². The Morgan fingerprint density at radius 2 is 2.00 bits per heavy atom. The summed E-state index contributed by atoms with van der Waals surface area (Å²) in [5, 5.41) is 2.73. The summed E-state index contributed by atoms with van der Waals surface area (Å²) in [7, 11) is -1.60. The average Bonchev–Trinajstić information content (AvgIpc) is 2.23. The minimum absolute atomic E-state index is 0.0168. The zero-order chi connectivity index (χ0) is 13.9. The monoisotopic (exact) mass is 276 g/mol. The third-order valence-corrected chi connectivity index (χ3v) is 3.39. The second-order valence-electron chi connectivity index (χ2n) is 3.99. The van der Waals surface area contributed by atoms with Gasteiger partial charge >= 0.3 is 5.69 Å². The number of rotatable bonds is 5. The molecule has 1 heterocycles. The van der Waals surface area contributed by atoms with E-state index in [1.807, 2.05) is 0 Å². The van der Waals surface area contributed by atoms with Crippen LogP contribution in [0.25, 0.3) is 0 Å². The molecule has 8 nitrogen and oxygen atoms in total. The van der Waals surface area contributed by atoms with Crippen molar-refractivity contribution >= 4 is 21.3 Å². The van der Waals surface area contributed by atoms with Crippen molar-refractivity contribution in [1.29, 1.82) is 0 Å². The van der Waals surface area contributed by atoms with Crippen molar-refractivity contribution in [3.05, 3.63) is 20.8 Å². The van der Waals surface area contributed by atoms with E-state index in [9.17, 15) is 18.0 Å². The number of hydrogen-bond donors (Lipinski definition) is 3. The lowest BCUT2D eigenvalue weighted by Crippen LogP contribution is -2.32. The van der Waals surface area contributed by atoms with Gasteiger partial charge in [-0.15, -0.1) is 0 Å². The molecule has 102 valence electrons. The van der Waals surface area contributed by atoms with Crippen LogP contribution < -0.4 is 22.3 Å². The number of sulfone groups is 1. The van der Waals surface area contributed by atoms with E-state index in [0.29, 0.717) is 6.42 Å². The zero-order valence-corrected chi connectivity index (χ0v) is 11.0. The standard InChI is InChI=1S/C9H16N4O4S/c1-13-7(10)6(8(14)12-9(13)15)11-4-3-5-18(2,16)17/h11H,3-5,10H2,1-2H3,(H,12,14,15). The summed E-state index contributed by atoms with van der Waals surface area (Å²) < 4.78 is 22.9. The van der Waals surface area contributed by atoms with Crippen LogP contribution in [0.3, 0.4) is 0 Å². The molecule has 0 amide bonds. The third-order valence-electron chi connectivity index (χ3n) is 2.36. The molecule has 0 aromatic carbocycles. The molecule has 0 spiro atoms. The SMILES string of the molecule is Cn1c(N)c(NCCCS(C)(=O)=O)c(=O)[nH]c1=O. The molecule has 9 heteroatoms. The lowest BCUT2D eigenvalue weighted by molar-refractivity contribution is 0.600. The summed E-state index contributed by atoms with van der Waals surface area (Å²) in [5.41, 5.74) is 4.48. The van der Waals surface area contributed by atoms with Gasteiger partial charge in [0.1, 0.15) is 21.3 Å². The molecule has 1 rings (SSSR count). The predicted molar refractivity (Wildman–Crippen MR) is 69.5 cm³/mol. The molecule has 0 aliphatic heterocycles. The second-order valence-corrected chi connectivity index (χ2v) is 6.25. The van der Waals surface area contributed by atoms with Gasteiger partial charge in [-0.25, -0.2) is 13.2 Å². The molecule has 1 aromatic rings. The summed E-state index contributed by atoms with van der Waals surface area (Å²) in [6, 6.07) is 0. The van der Waals surface area contributed by atoms with Gasteiger partial charge in [-0.3, -0.25) is 14.3 Å². The first-order chi connectivity index (χ1) is 8.22. The Labute approximate surface area is 104 Å². The van der Waals surface area contributed by atoms with Crippen LogP contribution in [0.2, 0.25) is 0 Å². The number of anilines is 2. The van der Waals surface area contributed by atoms with Crippen molar-refractivity contribution in [3.63, 3.8) is 0 Å². The van der Waals surface area contributed by atoms with Crippen molar-refractivity contribution in [2.45, 2.75) is 6.42 Å². The Balaban J connectivity index is 2.78. The number of hydrogen-bond acceptors (Lipinski definition) is 6. The van der Waals surface area contributed by atoms with Gasteiger partial charge in [0.15, 0.2) is 0 Å². The van der Waals surface area contributed by atoms with Gasteiger partial charge in [-0.2, -0.15) is 0 Å². The fourth-order valence-electron chi connectivity index (χ4n) is 1.36. The molecule has 1 aromatic heterocycles. The maximum absolute atomic E-state index is 11.5. The van der Waals surface area contributed by atoms with Gasteiger partial charge in [-0.1, -0.05) is 0 Å². The summed E-state index contributed by atoms with van der Waals surface area (Å²) in [5.74, 6) is 0.0342. The van der Waals surface area contributed by atoms with Gasteiger partial charge in [0, 0.05) is 19.8 Å². The first-order valence-electron chi connectivity index (χ1n) is 5.23. The molecule has 0 aliphatic rings. The predicted octanol–water partition coefficient (Wildman–Crippen LogP) is -1.50. The molecule has 4 N–H and O–H groups in total. The maximum Gasteiger partial charge on any atom is 0.329 e. The van der Waals surface area contributed by atoms with Gasteiger partial charge in [-0.05, 0) is 6.42 Å². The van der Waals surface area contributed by atoms with Crippen LogP contribution in [0.1, 0.15) is 6.42 Å². The Morgan fingerprint density at radius 3 is 2.56 bits per heavy atom. The Bertz CT molecular complexity index is 644. The third kappa shape index (κ3) is 3.62. The van der Waals surface area contributed by atoms with Gasteiger partial charge in [0.2, 0.25) is 0 Å². The minimum atomic E-state index is -3.03. The van der Waals surface area contributed by atoms with E-state index in [0.717, 1.165) is 10.8 Å². The average molecular weight is 276 g/mol. The molecule has 0 radical (unpaired) electrons. The maximum atomic E-state index is 11.5. The fourth-order valence-corrected chi connectivity index (χ4v) is 2.02. The largest absolute Gasteiger partial charge is 0.383 e. The molecule has 0 saturated heterocycles. The summed E-state index contributed by atoms with van der Waals surface area (Å²) in [6.07, 6.45) is 1.49. The first-order valence-corrected chi connectivity index (χ1v) is 7.29. The molecule has 18 heavy (non-hydrogen) atoms. The number of H-pyrrole nitrogens is 1. The van der Waals surface area contributed by atoms with Crippen LogP contribution >= 0.6 is 0 Å². The highest BCUT2D eigenvalue weighted by Gasteiger charge is 2.09. The smallest absolute Gasteiger partial charge is 0.329 e. The number of nitrogen functional groups attached to an aromatic ring is 1. The molecule has 0 aliphatic carbocycles. The summed E-state index contributed by atoms with van der Waals surface area (Å²) in [6.45, 7) is 0.276. The van der Waals surface area contributed by atoms with Gasteiger partial charge < -0.3 is 11.1 Å². The van der Waals surface area contributed by atoms with E-state index in [4.69, 9.17) is 5.73 Å². The summed E-state index contributed by atoms with van der Waals surface area (Å²) in [4.78, 5) is 24.8. The van der Waals surface area contributed by atoms with Crippen LogP contribution in [-0.4, -0.2) is 36.5 Å². The topological polar surface area (TPSA) is 127 Å². The highest BCUT2D eigenvalue weighted by atomic mass is 32.2. The van der Waals surface area contributed by atoms with E-state index in [2.05, 4.69) is 10.3 Å². The van der Waals surface area contributed by atoms with Gasteiger partial charge in [0.25, 0.3) is 5.56 Å². The van der Waals surface area contributed by atoms with Crippen LogP contribution in [0.15, 0.2) is 9.59 Å². The molecule has 0 atom stereocenters. The Morgan fingerprint density at radius 1 is 1.39 bits per heavy atom. The molecule has 0 unspecified atom stereocenters. The molecule has 0 bridgehead atoms. The Hall–Kier alpha value is -1.77. The lowest BCUT2D eigenvalue weighted by atomic mass is 10.4. The van der Waals surface area contributed by atoms with E-state index in [1.165, 1.54) is 7.05 Å². The number of nitrogens with one attached hydrogen (secondary N) is 2. The van der Waals surface area contributed by atoms with Gasteiger partial charge in [0.05, 0.1) is 5.75 Å². The van der Waals surface area contributed by atoms with Crippen molar-refractivity contribution in [2.24, 2.45) is 7.05 Å². The van der Waals surface area contributed by atoms with E-state index in [1.54, 1.807) is 0 Å². The number of aromatic nitrogens is 2. The normalized spacial score (nSPS) is 11.4. The minimum Gasteiger partial charge on any atom is -0.383 e. The highest BCUT2D eigenvalue weighted by Crippen LogP contribution is 2.08. The summed E-state index contributed by atoms with van der Waals surface area (Å²) >= 11 is 0. The van der Waals surface area contributed by atoms with Crippen LogP contribution in [0.4, 0.5) is 11.5 Å². The second kappa shape index (κ2) is 5.25. The molecule has 0 fully saturated rings. The van der Waals surface area contributed by atoms with Crippen molar-refractivity contribution in [3.8, 4) is 0 Å². The quantitative estimate of drug-likeness (QED) is 0.562.